The van der Waals surface area contributed by atoms with Crippen molar-refractivity contribution in [2.24, 2.45) is 5.10 Å². The van der Waals surface area contributed by atoms with E-state index in [-0.39, 0.29) is 24.6 Å². The molecule has 0 aliphatic carbocycles. The molecule has 7 nitrogen and oxygen atoms in total. The number of halogens is 2. The fourth-order valence-corrected chi connectivity index (χ4v) is 4.46. The van der Waals surface area contributed by atoms with E-state index in [2.05, 4.69) is 10.4 Å². The molecule has 4 aromatic carbocycles. The van der Waals surface area contributed by atoms with E-state index in [0.717, 1.165) is 11.1 Å². The number of nitrogens with zero attached hydrogens (tertiary/aromatic N) is 2. The van der Waals surface area contributed by atoms with Gasteiger partial charge in [0, 0.05) is 22.2 Å². The summed E-state index contributed by atoms with van der Waals surface area (Å²) in [4.78, 5) is 13.2. The molecule has 1 atom stereocenters. The number of ether oxygens (including phenoxy) is 3. The first-order valence-corrected chi connectivity index (χ1v) is 12.3. The number of carbonyl (C=O) groups is 1. The monoisotopic (exact) mass is 529 g/mol. The Morgan fingerprint density at radius 1 is 0.921 bits per heavy atom. The van der Waals surface area contributed by atoms with Crippen molar-refractivity contribution in [3.8, 4) is 23.0 Å². The maximum absolute atomic E-state index is 13.6. The average Bonchev–Trinajstić information content (AvgIpc) is 3.59. The molecule has 2 aliphatic heterocycles. The van der Waals surface area contributed by atoms with Gasteiger partial charge in [0.2, 0.25) is 6.79 Å². The quantitative estimate of drug-likeness (QED) is 0.301. The topological polar surface area (TPSA) is 72.4 Å². The van der Waals surface area contributed by atoms with E-state index < -0.39 is 0 Å². The van der Waals surface area contributed by atoms with Crippen LogP contribution < -0.4 is 19.5 Å². The fourth-order valence-electron chi connectivity index (χ4n) is 4.33. The van der Waals surface area contributed by atoms with E-state index in [9.17, 15) is 9.18 Å². The average molecular weight is 530 g/mol. The zero-order chi connectivity index (χ0) is 26.1. The van der Waals surface area contributed by atoms with Crippen LogP contribution >= 0.6 is 11.6 Å². The van der Waals surface area contributed by atoms with Gasteiger partial charge in [0.25, 0.3) is 0 Å². The highest BCUT2D eigenvalue weighted by atomic mass is 35.5. The summed E-state index contributed by atoms with van der Waals surface area (Å²) in [6.07, 6.45) is 0. The lowest BCUT2D eigenvalue weighted by molar-refractivity contribution is 0.174. The maximum atomic E-state index is 13.6. The van der Waals surface area contributed by atoms with E-state index >= 15 is 0 Å². The molecule has 2 heterocycles. The minimum atomic E-state index is -0.390. The van der Waals surface area contributed by atoms with Crippen molar-refractivity contribution in [2.45, 2.75) is 5.92 Å². The summed E-state index contributed by atoms with van der Waals surface area (Å²) in [5, 5.41) is 9.54. The second kappa shape index (κ2) is 10.1. The van der Waals surface area contributed by atoms with Gasteiger partial charge in [0.15, 0.2) is 11.5 Å². The van der Waals surface area contributed by atoms with Crippen molar-refractivity contribution >= 4 is 29.0 Å². The molecule has 1 unspecified atom stereocenters. The Hall–Kier alpha value is -4.56. The molecular formula is C29H21ClFN3O4. The van der Waals surface area contributed by atoms with Crippen LogP contribution in [-0.2, 0) is 0 Å². The van der Waals surface area contributed by atoms with E-state index in [1.807, 2.05) is 18.2 Å². The Bertz CT molecular complexity index is 1510. The van der Waals surface area contributed by atoms with E-state index in [0.29, 0.717) is 46.0 Å². The summed E-state index contributed by atoms with van der Waals surface area (Å²) in [7, 11) is 0. The molecule has 38 heavy (non-hydrogen) atoms. The van der Waals surface area contributed by atoms with Crippen LogP contribution in [0.1, 0.15) is 17.0 Å². The third-order valence-electron chi connectivity index (χ3n) is 6.24. The number of benzene rings is 4. The third-order valence-corrected chi connectivity index (χ3v) is 6.50. The summed E-state index contributed by atoms with van der Waals surface area (Å²) >= 11 is 5.92. The van der Waals surface area contributed by atoms with E-state index in [4.69, 9.17) is 25.8 Å². The molecule has 9 heteroatoms. The Kier molecular flexibility index (Phi) is 6.31. The van der Waals surface area contributed by atoms with Gasteiger partial charge < -0.3 is 19.5 Å². The van der Waals surface area contributed by atoms with E-state index in [1.54, 1.807) is 60.7 Å². The number of anilines is 1. The molecular weight excluding hydrogens is 509 g/mol. The Balaban J connectivity index is 1.20. The van der Waals surface area contributed by atoms with Crippen molar-refractivity contribution in [1.29, 1.82) is 0 Å². The van der Waals surface area contributed by atoms with Crippen molar-refractivity contribution in [2.75, 3.05) is 18.7 Å². The summed E-state index contributed by atoms with van der Waals surface area (Å²) < 4.78 is 30.4. The number of urea groups is 1. The minimum Gasteiger partial charge on any atom is -0.457 e. The van der Waals surface area contributed by atoms with Crippen LogP contribution in [-0.4, -0.2) is 30.1 Å². The van der Waals surface area contributed by atoms with Gasteiger partial charge >= 0.3 is 6.03 Å². The molecule has 2 amide bonds. The lowest BCUT2D eigenvalue weighted by Gasteiger charge is -2.16. The number of amides is 2. The number of rotatable bonds is 5. The normalized spacial score (nSPS) is 15.8. The van der Waals surface area contributed by atoms with Gasteiger partial charge in [-0.2, -0.15) is 5.10 Å². The molecule has 2 aliphatic rings. The van der Waals surface area contributed by atoms with Crippen molar-refractivity contribution < 1.29 is 23.4 Å². The summed E-state index contributed by atoms with van der Waals surface area (Å²) in [6, 6.07) is 25.5. The molecule has 0 radical (unpaired) electrons. The molecule has 4 aromatic rings. The maximum Gasteiger partial charge on any atom is 0.342 e. The largest absolute Gasteiger partial charge is 0.457 e. The SMILES string of the molecule is O=C(Nc1ccc(Oc2ccc(Cl)cc2)cc1)N1CC(c2ccc(F)cc2)C(c2ccc3c(c2)OCO3)=N1. The highest BCUT2D eigenvalue weighted by Gasteiger charge is 2.33. The van der Waals surface area contributed by atoms with Crippen LogP contribution in [0, 0.1) is 5.82 Å². The predicted molar refractivity (Wildman–Crippen MR) is 142 cm³/mol. The Morgan fingerprint density at radius 3 is 2.34 bits per heavy atom. The van der Waals surface area contributed by atoms with Gasteiger partial charge in [0.05, 0.1) is 12.3 Å². The first-order valence-electron chi connectivity index (χ1n) is 11.9. The first-order chi connectivity index (χ1) is 18.5. The first kappa shape index (κ1) is 23.8. The highest BCUT2D eigenvalue weighted by molar-refractivity contribution is 6.30. The van der Waals surface area contributed by atoms with Gasteiger partial charge in [-0.05, 0) is 84.4 Å². The molecule has 0 spiro atoms. The smallest absolute Gasteiger partial charge is 0.342 e. The predicted octanol–water partition coefficient (Wildman–Crippen LogP) is 7.04. The molecule has 0 aromatic heterocycles. The third kappa shape index (κ3) is 4.99. The van der Waals surface area contributed by atoms with Crippen LogP contribution in [0.5, 0.6) is 23.0 Å². The molecule has 0 saturated carbocycles. The van der Waals surface area contributed by atoms with Crippen LogP contribution in [0.4, 0.5) is 14.9 Å². The van der Waals surface area contributed by atoms with Gasteiger partial charge in [-0.25, -0.2) is 14.2 Å². The fraction of sp³-hybridized carbons (Fsp3) is 0.103. The van der Waals surface area contributed by atoms with Crippen molar-refractivity contribution in [3.63, 3.8) is 0 Å². The summed E-state index contributed by atoms with van der Waals surface area (Å²) in [5.74, 6) is 1.96. The van der Waals surface area contributed by atoms with Gasteiger partial charge in [-0.15, -0.1) is 0 Å². The molecule has 0 saturated heterocycles. The Labute approximate surface area is 223 Å². The van der Waals surface area contributed by atoms with E-state index in [1.165, 1.54) is 17.1 Å². The van der Waals surface area contributed by atoms with Crippen LogP contribution in [0.15, 0.2) is 96.1 Å². The highest BCUT2D eigenvalue weighted by Crippen LogP contribution is 2.36. The summed E-state index contributed by atoms with van der Waals surface area (Å²) in [5.41, 5.74) is 2.91. The zero-order valence-corrected chi connectivity index (χ0v) is 20.7. The summed E-state index contributed by atoms with van der Waals surface area (Å²) in [6.45, 7) is 0.448. The number of fused-ring (bicyclic) bond motifs is 1. The number of nitrogens with one attached hydrogen (secondary N) is 1. The number of hydrogen-bond acceptors (Lipinski definition) is 5. The zero-order valence-electron chi connectivity index (χ0n) is 19.9. The molecule has 0 bridgehead atoms. The molecule has 6 rings (SSSR count). The molecule has 0 fully saturated rings. The second-order valence-electron chi connectivity index (χ2n) is 8.75. The lowest BCUT2D eigenvalue weighted by atomic mass is 9.90. The number of hydrogen-bond donors (Lipinski definition) is 1. The molecule has 1 N–H and O–H groups in total. The number of carbonyl (C=O) groups excluding carboxylic acids is 1. The van der Waals surface area contributed by atoms with Crippen LogP contribution in [0.3, 0.4) is 0 Å². The van der Waals surface area contributed by atoms with Gasteiger partial charge in [0.1, 0.15) is 17.3 Å². The standard InChI is InChI=1S/C29H21ClFN3O4/c30-20-4-10-23(11-5-20)38-24-12-8-22(9-13-24)32-29(35)34-16-25(18-1-6-21(31)7-2-18)28(33-34)19-3-14-26-27(15-19)37-17-36-26/h1-15,25H,16-17H2,(H,32,35). The van der Waals surface area contributed by atoms with Gasteiger partial charge in [-0.3, -0.25) is 0 Å². The van der Waals surface area contributed by atoms with Crippen molar-refractivity contribution in [1.82, 2.24) is 5.01 Å². The Morgan fingerprint density at radius 2 is 1.61 bits per heavy atom. The number of hydrazone groups is 1. The molecule has 190 valence electrons. The van der Waals surface area contributed by atoms with Crippen LogP contribution in [0.2, 0.25) is 5.02 Å². The van der Waals surface area contributed by atoms with Gasteiger partial charge in [-0.1, -0.05) is 23.7 Å². The lowest BCUT2D eigenvalue weighted by Crippen LogP contribution is -2.30. The second-order valence-corrected chi connectivity index (χ2v) is 9.19. The van der Waals surface area contributed by atoms with Crippen molar-refractivity contribution in [3.05, 3.63) is 113 Å². The van der Waals surface area contributed by atoms with Crippen LogP contribution in [0.25, 0.3) is 0 Å². The minimum absolute atomic E-state index is 0.157.